The highest BCUT2D eigenvalue weighted by Gasteiger charge is 2.31. The van der Waals surface area contributed by atoms with Gasteiger partial charge in [-0.3, -0.25) is 4.98 Å². The van der Waals surface area contributed by atoms with Crippen LogP contribution in [0.3, 0.4) is 0 Å². The SMILES string of the molecule is c1ccc(-c2c3c(c(-c4ccccc4)c4ccccc24)-c2ccc(Cc4cccc(N(c5cccnc5)c5ccc6ccccc6c5)c4)c4cccc-3c24)cc1. The fraction of sp³-hybridized carbons (Fsp3) is 0.0185. The standard InChI is InChI=1S/C54H36N2/c1-3-16-38(17-4-1)50-46-23-9-10-24-47(46)51(39-18-5-2-6-19-39)54-49-30-28-41(45-25-12-26-48(52(45)49)53(50)54)32-36-14-11-21-42(33-36)56(44-22-13-31-55-35-44)43-29-27-37-15-7-8-20-40(37)34-43/h1-31,33-35H,32H2. The third-order valence-electron chi connectivity index (χ3n) is 11.5. The van der Waals surface area contributed by atoms with E-state index in [9.17, 15) is 0 Å². The molecule has 11 rings (SSSR count). The third kappa shape index (κ3) is 5.22. The number of anilines is 3. The van der Waals surface area contributed by atoms with Crippen LogP contribution in [0.25, 0.3) is 76.8 Å². The number of fused-ring (bicyclic) bond motifs is 5. The molecule has 0 saturated carbocycles. The van der Waals surface area contributed by atoms with Crippen molar-refractivity contribution in [3.05, 3.63) is 218 Å². The maximum atomic E-state index is 4.51. The predicted octanol–water partition coefficient (Wildman–Crippen LogP) is 14.6. The van der Waals surface area contributed by atoms with Gasteiger partial charge in [-0.15, -0.1) is 0 Å². The Hall–Kier alpha value is -7.29. The number of rotatable bonds is 7. The first-order chi connectivity index (χ1) is 27.8. The molecule has 0 unspecified atom stereocenters. The van der Waals surface area contributed by atoms with Gasteiger partial charge in [0.1, 0.15) is 0 Å². The molecule has 0 aliphatic heterocycles. The molecule has 1 aliphatic carbocycles. The van der Waals surface area contributed by atoms with Gasteiger partial charge in [0.05, 0.1) is 11.9 Å². The fourth-order valence-corrected chi connectivity index (χ4v) is 9.10. The Morgan fingerprint density at radius 3 is 1.71 bits per heavy atom. The molecule has 1 heterocycles. The highest BCUT2D eigenvalue weighted by atomic mass is 15.1. The van der Waals surface area contributed by atoms with Gasteiger partial charge < -0.3 is 4.90 Å². The molecule has 9 aromatic carbocycles. The molecule has 0 amide bonds. The Bertz CT molecular complexity index is 3000. The molecule has 2 heteroatoms. The molecule has 0 fully saturated rings. The van der Waals surface area contributed by atoms with Crippen LogP contribution < -0.4 is 4.90 Å². The molecular weight excluding hydrogens is 677 g/mol. The summed E-state index contributed by atoms with van der Waals surface area (Å²) in [5, 5.41) is 7.65. The van der Waals surface area contributed by atoms with Gasteiger partial charge in [0.25, 0.3) is 0 Å². The van der Waals surface area contributed by atoms with Crippen LogP contribution in [0.1, 0.15) is 11.1 Å². The van der Waals surface area contributed by atoms with Crippen molar-refractivity contribution in [1.82, 2.24) is 4.98 Å². The van der Waals surface area contributed by atoms with E-state index >= 15 is 0 Å². The van der Waals surface area contributed by atoms with E-state index in [1.54, 1.807) is 0 Å². The summed E-state index contributed by atoms with van der Waals surface area (Å²) in [5.41, 5.74) is 16.2. The largest absolute Gasteiger partial charge is 0.309 e. The second kappa shape index (κ2) is 13.2. The van der Waals surface area contributed by atoms with Crippen molar-refractivity contribution < 1.29 is 0 Å². The van der Waals surface area contributed by atoms with Crippen molar-refractivity contribution >= 4 is 49.4 Å². The summed E-state index contributed by atoms with van der Waals surface area (Å²) in [4.78, 5) is 6.82. The molecule has 2 nitrogen and oxygen atoms in total. The number of hydrogen-bond donors (Lipinski definition) is 0. The van der Waals surface area contributed by atoms with Crippen LogP contribution in [0.4, 0.5) is 17.1 Å². The zero-order chi connectivity index (χ0) is 37.0. The summed E-state index contributed by atoms with van der Waals surface area (Å²) in [6, 6.07) is 70.9. The molecule has 0 spiro atoms. The molecule has 0 saturated heterocycles. The lowest BCUT2D eigenvalue weighted by molar-refractivity contribution is 1.19. The average Bonchev–Trinajstić information content (AvgIpc) is 3.59. The van der Waals surface area contributed by atoms with Crippen LogP contribution in [0, 0.1) is 0 Å². The van der Waals surface area contributed by atoms with Crippen molar-refractivity contribution in [2.24, 2.45) is 0 Å². The Labute approximate surface area is 326 Å². The lowest BCUT2D eigenvalue weighted by atomic mass is 9.82. The number of benzene rings is 9. The smallest absolute Gasteiger partial charge is 0.0644 e. The molecule has 0 N–H and O–H groups in total. The molecule has 1 aromatic heterocycles. The van der Waals surface area contributed by atoms with Gasteiger partial charge >= 0.3 is 0 Å². The van der Waals surface area contributed by atoms with E-state index in [-0.39, 0.29) is 0 Å². The highest BCUT2D eigenvalue weighted by Crippen LogP contribution is 2.58. The monoisotopic (exact) mass is 712 g/mol. The van der Waals surface area contributed by atoms with Gasteiger partial charge in [0.2, 0.25) is 0 Å². The second-order valence-electron chi connectivity index (χ2n) is 14.7. The van der Waals surface area contributed by atoms with Crippen molar-refractivity contribution in [2.45, 2.75) is 6.42 Å². The number of pyridine rings is 1. The fourth-order valence-electron chi connectivity index (χ4n) is 9.10. The maximum Gasteiger partial charge on any atom is 0.0644 e. The van der Waals surface area contributed by atoms with Crippen LogP contribution in [0.15, 0.2) is 207 Å². The minimum atomic E-state index is 0.808. The van der Waals surface area contributed by atoms with Crippen LogP contribution in [-0.4, -0.2) is 4.98 Å². The molecular formula is C54H36N2. The van der Waals surface area contributed by atoms with Crippen molar-refractivity contribution in [3.63, 3.8) is 0 Å². The van der Waals surface area contributed by atoms with Crippen molar-refractivity contribution in [2.75, 3.05) is 4.90 Å². The summed E-state index contributed by atoms with van der Waals surface area (Å²) in [6.45, 7) is 0. The van der Waals surface area contributed by atoms with E-state index in [1.807, 2.05) is 18.5 Å². The number of nitrogens with zero attached hydrogens (tertiary/aromatic N) is 2. The Morgan fingerprint density at radius 1 is 0.393 bits per heavy atom. The van der Waals surface area contributed by atoms with Crippen LogP contribution in [-0.2, 0) is 6.42 Å². The van der Waals surface area contributed by atoms with Crippen molar-refractivity contribution in [3.8, 4) is 44.5 Å². The molecule has 1 aliphatic rings. The number of hydrogen-bond acceptors (Lipinski definition) is 2. The summed E-state index contributed by atoms with van der Waals surface area (Å²) in [7, 11) is 0. The zero-order valence-electron chi connectivity index (χ0n) is 30.7. The van der Waals surface area contributed by atoms with Crippen LogP contribution >= 0.6 is 0 Å². The zero-order valence-corrected chi connectivity index (χ0v) is 30.7. The first-order valence-electron chi connectivity index (χ1n) is 19.3. The summed E-state index contributed by atoms with van der Waals surface area (Å²) in [6.07, 6.45) is 4.59. The van der Waals surface area contributed by atoms with E-state index in [0.29, 0.717) is 0 Å². The van der Waals surface area contributed by atoms with Gasteiger partial charge in [-0.25, -0.2) is 0 Å². The van der Waals surface area contributed by atoms with Crippen LogP contribution in [0.2, 0.25) is 0 Å². The summed E-state index contributed by atoms with van der Waals surface area (Å²) in [5.74, 6) is 0. The Balaban J connectivity index is 1.08. The summed E-state index contributed by atoms with van der Waals surface area (Å²) >= 11 is 0. The van der Waals surface area contributed by atoms with Gasteiger partial charge in [-0.2, -0.15) is 0 Å². The van der Waals surface area contributed by atoms with Crippen molar-refractivity contribution in [1.29, 1.82) is 0 Å². The van der Waals surface area contributed by atoms with Gasteiger partial charge in [0.15, 0.2) is 0 Å². The summed E-state index contributed by atoms with van der Waals surface area (Å²) < 4.78 is 0. The quantitative estimate of drug-likeness (QED) is 0.164. The number of aromatic nitrogens is 1. The molecule has 56 heavy (non-hydrogen) atoms. The van der Waals surface area contributed by atoms with Crippen LogP contribution in [0.5, 0.6) is 0 Å². The van der Waals surface area contributed by atoms with E-state index in [1.165, 1.54) is 88.0 Å². The Morgan fingerprint density at radius 2 is 1.00 bits per heavy atom. The van der Waals surface area contributed by atoms with E-state index in [4.69, 9.17) is 0 Å². The second-order valence-corrected chi connectivity index (χ2v) is 14.7. The molecule has 0 atom stereocenters. The molecule has 0 radical (unpaired) electrons. The average molecular weight is 713 g/mol. The van der Waals surface area contributed by atoms with E-state index < -0.39 is 0 Å². The van der Waals surface area contributed by atoms with E-state index in [2.05, 4.69) is 198 Å². The predicted molar refractivity (Wildman–Crippen MR) is 236 cm³/mol. The van der Waals surface area contributed by atoms with Gasteiger partial charge in [-0.1, -0.05) is 158 Å². The first-order valence-corrected chi connectivity index (χ1v) is 19.3. The van der Waals surface area contributed by atoms with Gasteiger partial charge in [0, 0.05) is 17.6 Å². The van der Waals surface area contributed by atoms with Gasteiger partial charge in [-0.05, 0) is 131 Å². The minimum Gasteiger partial charge on any atom is -0.309 e. The minimum absolute atomic E-state index is 0.808. The topological polar surface area (TPSA) is 16.1 Å². The molecule has 10 aromatic rings. The lowest BCUT2D eigenvalue weighted by Crippen LogP contribution is -2.10. The molecule has 0 bridgehead atoms. The normalized spacial score (nSPS) is 11.6. The lowest BCUT2D eigenvalue weighted by Gasteiger charge is -2.26. The molecule has 262 valence electrons. The maximum absolute atomic E-state index is 4.51. The first kappa shape index (κ1) is 32.2. The third-order valence-corrected chi connectivity index (χ3v) is 11.5. The Kier molecular flexibility index (Phi) is 7.60. The van der Waals surface area contributed by atoms with E-state index in [0.717, 1.165) is 23.5 Å². The highest BCUT2D eigenvalue weighted by molar-refractivity contribution is 6.27.